The lowest BCUT2D eigenvalue weighted by Crippen LogP contribution is -2.17. The molecule has 0 aliphatic heterocycles. The Labute approximate surface area is 113 Å². The number of halogens is 3. The van der Waals surface area contributed by atoms with Gasteiger partial charge >= 0.3 is 6.36 Å². The Morgan fingerprint density at radius 1 is 1.15 bits per heavy atom. The molecule has 0 spiro atoms. The molecule has 106 valence electrons. The third-order valence-electron chi connectivity index (χ3n) is 2.45. The van der Waals surface area contributed by atoms with Crippen LogP contribution in [0.2, 0.25) is 0 Å². The molecule has 0 aliphatic carbocycles. The third-order valence-corrected chi connectivity index (χ3v) is 2.45. The van der Waals surface area contributed by atoms with Crippen molar-refractivity contribution in [3.05, 3.63) is 36.4 Å². The number of rotatable bonds is 3. The normalized spacial score (nSPS) is 11.2. The molecule has 1 aromatic carbocycles. The van der Waals surface area contributed by atoms with Crippen molar-refractivity contribution in [2.75, 3.05) is 12.8 Å². The quantitative estimate of drug-likeness (QED) is 0.940. The Kier molecular flexibility index (Phi) is 3.69. The number of anilines is 1. The van der Waals surface area contributed by atoms with Crippen molar-refractivity contribution in [1.29, 1.82) is 0 Å². The highest BCUT2D eigenvalue weighted by molar-refractivity contribution is 5.65. The van der Waals surface area contributed by atoms with Gasteiger partial charge in [-0.25, -0.2) is 4.98 Å². The molecule has 7 heteroatoms. The molecule has 0 saturated heterocycles. The number of methoxy groups -OCH3 is 1. The lowest BCUT2D eigenvalue weighted by molar-refractivity contribution is -0.274. The first-order chi connectivity index (χ1) is 9.39. The Hall–Kier alpha value is -2.44. The van der Waals surface area contributed by atoms with Crippen molar-refractivity contribution in [1.82, 2.24) is 4.98 Å². The van der Waals surface area contributed by atoms with Crippen LogP contribution in [0.1, 0.15) is 0 Å². The number of aromatic nitrogens is 1. The van der Waals surface area contributed by atoms with E-state index in [-0.39, 0.29) is 11.6 Å². The molecule has 0 unspecified atom stereocenters. The summed E-state index contributed by atoms with van der Waals surface area (Å²) in [6.07, 6.45) is -4.73. The third kappa shape index (κ3) is 3.31. The fraction of sp³-hybridized carbons (Fsp3) is 0.154. The van der Waals surface area contributed by atoms with Crippen LogP contribution in [-0.2, 0) is 0 Å². The number of nitrogens with two attached hydrogens (primary N) is 1. The predicted octanol–water partition coefficient (Wildman–Crippen LogP) is 3.24. The minimum Gasteiger partial charge on any atom is -0.480 e. The zero-order chi connectivity index (χ0) is 14.8. The van der Waals surface area contributed by atoms with E-state index in [1.807, 2.05) is 0 Å². The molecule has 2 rings (SSSR count). The molecule has 4 nitrogen and oxygen atoms in total. The monoisotopic (exact) mass is 284 g/mol. The van der Waals surface area contributed by atoms with Crippen molar-refractivity contribution in [2.24, 2.45) is 0 Å². The molecule has 0 fully saturated rings. The van der Waals surface area contributed by atoms with Crippen LogP contribution in [-0.4, -0.2) is 18.5 Å². The van der Waals surface area contributed by atoms with E-state index in [1.54, 1.807) is 18.2 Å². The predicted molar refractivity (Wildman–Crippen MR) is 67.3 cm³/mol. The number of benzene rings is 1. The highest BCUT2D eigenvalue weighted by Gasteiger charge is 2.31. The topological polar surface area (TPSA) is 57.4 Å². The smallest absolute Gasteiger partial charge is 0.480 e. The first-order valence-electron chi connectivity index (χ1n) is 5.56. The van der Waals surface area contributed by atoms with Crippen LogP contribution >= 0.6 is 0 Å². The van der Waals surface area contributed by atoms with E-state index in [1.165, 1.54) is 25.3 Å². The maximum Gasteiger partial charge on any atom is 0.573 e. The second kappa shape index (κ2) is 5.28. The molecular weight excluding hydrogens is 273 g/mol. The standard InChI is InChI=1S/C13H11F3N2O2/c1-19-12-10(17)5-6-11(18-12)8-3-2-4-9(7-8)20-13(14,15)16/h2-7H,17H2,1H3. The number of ether oxygens (including phenoxy) is 2. The lowest BCUT2D eigenvalue weighted by Gasteiger charge is -2.10. The van der Waals surface area contributed by atoms with Crippen LogP contribution in [0, 0.1) is 0 Å². The minimum absolute atomic E-state index is 0.213. The van der Waals surface area contributed by atoms with Gasteiger partial charge in [-0.1, -0.05) is 12.1 Å². The van der Waals surface area contributed by atoms with E-state index >= 15 is 0 Å². The second-order valence-corrected chi connectivity index (χ2v) is 3.87. The summed E-state index contributed by atoms with van der Waals surface area (Å²) in [7, 11) is 1.41. The Morgan fingerprint density at radius 2 is 1.90 bits per heavy atom. The van der Waals surface area contributed by atoms with Gasteiger partial charge in [0.15, 0.2) is 0 Å². The number of nitrogens with zero attached hydrogens (tertiary/aromatic N) is 1. The summed E-state index contributed by atoms with van der Waals surface area (Å²) < 4.78 is 45.3. The van der Waals surface area contributed by atoms with Crippen LogP contribution in [0.4, 0.5) is 18.9 Å². The number of hydrogen-bond donors (Lipinski definition) is 1. The fourth-order valence-electron chi connectivity index (χ4n) is 1.63. The van der Waals surface area contributed by atoms with Gasteiger partial charge in [0.2, 0.25) is 5.88 Å². The summed E-state index contributed by atoms with van der Waals surface area (Å²) in [5.41, 5.74) is 6.87. The average molecular weight is 284 g/mol. The molecule has 1 aromatic heterocycles. The van der Waals surface area contributed by atoms with Crippen LogP contribution < -0.4 is 15.2 Å². The first-order valence-corrected chi connectivity index (χ1v) is 5.56. The largest absolute Gasteiger partial charge is 0.573 e. The summed E-state index contributed by atoms with van der Waals surface area (Å²) in [6.45, 7) is 0. The van der Waals surface area contributed by atoms with Gasteiger partial charge in [-0.05, 0) is 24.3 Å². The highest BCUT2D eigenvalue weighted by atomic mass is 19.4. The second-order valence-electron chi connectivity index (χ2n) is 3.87. The summed E-state index contributed by atoms with van der Waals surface area (Å²) in [6, 6.07) is 8.67. The van der Waals surface area contributed by atoms with Crippen LogP contribution in [0.5, 0.6) is 11.6 Å². The Morgan fingerprint density at radius 3 is 2.55 bits per heavy atom. The zero-order valence-corrected chi connectivity index (χ0v) is 10.4. The van der Waals surface area contributed by atoms with E-state index in [0.29, 0.717) is 16.9 Å². The van der Waals surface area contributed by atoms with E-state index in [2.05, 4.69) is 9.72 Å². The maximum atomic E-state index is 12.2. The molecule has 2 N–H and O–H groups in total. The highest BCUT2D eigenvalue weighted by Crippen LogP contribution is 2.29. The summed E-state index contributed by atoms with van der Waals surface area (Å²) >= 11 is 0. The van der Waals surface area contributed by atoms with Gasteiger partial charge in [-0.2, -0.15) is 0 Å². The molecule has 0 atom stereocenters. The number of nitrogen functional groups attached to an aromatic ring is 1. The molecule has 0 saturated carbocycles. The van der Waals surface area contributed by atoms with Gasteiger partial charge in [0.05, 0.1) is 18.5 Å². The molecule has 20 heavy (non-hydrogen) atoms. The van der Waals surface area contributed by atoms with E-state index in [9.17, 15) is 13.2 Å². The van der Waals surface area contributed by atoms with E-state index in [4.69, 9.17) is 10.5 Å². The Bertz CT molecular complexity index is 615. The van der Waals surface area contributed by atoms with Gasteiger partial charge in [0.25, 0.3) is 0 Å². The van der Waals surface area contributed by atoms with Crippen molar-refractivity contribution in [3.8, 4) is 22.9 Å². The zero-order valence-electron chi connectivity index (χ0n) is 10.4. The van der Waals surface area contributed by atoms with Gasteiger partial charge in [-0.3, -0.25) is 0 Å². The first kappa shape index (κ1) is 14.0. The summed E-state index contributed by atoms with van der Waals surface area (Å²) in [5, 5.41) is 0. The molecule has 0 aliphatic rings. The lowest BCUT2D eigenvalue weighted by atomic mass is 10.1. The van der Waals surface area contributed by atoms with Crippen molar-refractivity contribution < 1.29 is 22.6 Å². The van der Waals surface area contributed by atoms with Gasteiger partial charge in [-0.15, -0.1) is 13.2 Å². The van der Waals surface area contributed by atoms with E-state index < -0.39 is 6.36 Å². The molecular formula is C13H11F3N2O2. The molecule has 0 radical (unpaired) electrons. The number of alkyl halides is 3. The van der Waals surface area contributed by atoms with Crippen LogP contribution in [0.25, 0.3) is 11.3 Å². The molecule has 0 bridgehead atoms. The molecule has 0 amide bonds. The van der Waals surface area contributed by atoms with Gasteiger partial charge in [0, 0.05) is 5.56 Å². The summed E-state index contributed by atoms with van der Waals surface area (Å²) in [5.74, 6) is -0.0998. The van der Waals surface area contributed by atoms with E-state index in [0.717, 1.165) is 0 Å². The maximum absolute atomic E-state index is 12.2. The number of pyridine rings is 1. The van der Waals surface area contributed by atoms with Gasteiger partial charge < -0.3 is 15.2 Å². The van der Waals surface area contributed by atoms with Crippen molar-refractivity contribution in [3.63, 3.8) is 0 Å². The van der Waals surface area contributed by atoms with Crippen molar-refractivity contribution >= 4 is 5.69 Å². The molecule has 1 heterocycles. The molecule has 2 aromatic rings. The summed E-state index contributed by atoms with van der Waals surface area (Å²) in [4.78, 5) is 4.11. The van der Waals surface area contributed by atoms with Crippen molar-refractivity contribution in [2.45, 2.75) is 6.36 Å². The Balaban J connectivity index is 2.36. The van der Waals surface area contributed by atoms with Crippen LogP contribution in [0.15, 0.2) is 36.4 Å². The average Bonchev–Trinajstić information content (AvgIpc) is 2.37. The SMILES string of the molecule is COc1nc(-c2cccc(OC(F)(F)F)c2)ccc1N. The fourth-order valence-corrected chi connectivity index (χ4v) is 1.63. The van der Waals surface area contributed by atoms with Crippen LogP contribution in [0.3, 0.4) is 0 Å². The van der Waals surface area contributed by atoms with Gasteiger partial charge in [0.1, 0.15) is 5.75 Å². The number of hydrogen-bond acceptors (Lipinski definition) is 4. The minimum atomic E-state index is -4.73.